The van der Waals surface area contributed by atoms with Gasteiger partial charge in [0.15, 0.2) is 0 Å². The number of rotatable bonds is 5. The topological polar surface area (TPSA) is 46.5 Å². The Labute approximate surface area is 125 Å². The molecule has 0 heterocycles. The fraction of sp³-hybridized carbons (Fsp3) is 0.167. The molecule has 0 aliphatic rings. The summed E-state index contributed by atoms with van der Waals surface area (Å²) in [4.78, 5) is 9.60. The molecule has 3 heteroatoms. The quantitative estimate of drug-likeness (QED) is 0.845. The number of carbonyl (C=O) groups is 1. The number of para-hydroxylation sites is 1. The van der Waals surface area contributed by atoms with Gasteiger partial charge in [0.05, 0.1) is 6.61 Å². The van der Waals surface area contributed by atoms with Gasteiger partial charge in [0.25, 0.3) is 0 Å². The average Bonchev–Trinajstić information content (AvgIpc) is 2.50. The van der Waals surface area contributed by atoms with Crippen LogP contribution >= 0.6 is 0 Å². The Kier molecular flexibility index (Phi) is 7.36. The molecular formula is C18H20O3. The summed E-state index contributed by atoms with van der Waals surface area (Å²) >= 11 is 0. The van der Waals surface area contributed by atoms with Crippen LogP contribution in [0.2, 0.25) is 0 Å². The Bertz CT molecular complexity index is 496. The Morgan fingerprint density at radius 3 is 2.00 bits per heavy atom. The highest BCUT2D eigenvalue weighted by Crippen LogP contribution is 2.09. The highest BCUT2D eigenvalue weighted by molar-refractivity contribution is 5.84. The Morgan fingerprint density at radius 1 is 1.05 bits per heavy atom. The molecule has 0 amide bonds. The van der Waals surface area contributed by atoms with E-state index in [-0.39, 0.29) is 5.57 Å². The van der Waals surface area contributed by atoms with Gasteiger partial charge in [-0.1, -0.05) is 55.1 Å². The van der Waals surface area contributed by atoms with Crippen molar-refractivity contribution >= 4 is 5.97 Å². The molecule has 0 saturated heterocycles. The number of carboxylic acids is 1. The smallest absolute Gasteiger partial charge is 0.330 e. The van der Waals surface area contributed by atoms with E-state index in [2.05, 4.69) is 30.8 Å². The van der Waals surface area contributed by atoms with Crippen molar-refractivity contribution in [1.29, 1.82) is 0 Å². The van der Waals surface area contributed by atoms with Crippen LogP contribution < -0.4 is 4.74 Å². The Morgan fingerprint density at radius 2 is 1.52 bits per heavy atom. The van der Waals surface area contributed by atoms with E-state index < -0.39 is 5.97 Å². The van der Waals surface area contributed by atoms with Crippen LogP contribution in [0.1, 0.15) is 12.5 Å². The van der Waals surface area contributed by atoms with Crippen molar-refractivity contribution in [3.63, 3.8) is 0 Å². The molecule has 0 atom stereocenters. The van der Waals surface area contributed by atoms with Crippen LogP contribution in [0.25, 0.3) is 0 Å². The highest BCUT2D eigenvalue weighted by Gasteiger charge is 1.93. The predicted octanol–water partition coefficient (Wildman–Crippen LogP) is 3.96. The van der Waals surface area contributed by atoms with E-state index in [9.17, 15) is 4.79 Å². The van der Waals surface area contributed by atoms with E-state index in [0.29, 0.717) is 0 Å². The lowest BCUT2D eigenvalue weighted by molar-refractivity contribution is -0.132. The lowest BCUT2D eigenvalue weighted by atomic mass is 10.2. The molecule has 0 saturated carbocycles. The van der Waals surface area contributed by atoms with E-state index in [0.717, 1.165) is 18.8 Å². The zero-order chi connectivity index (χ0) is 15.5. The van der Waals surface area contributed by atoms with Gasteiger partial charge in [-0.3, -0.25) is 0 Å². The molecule has 0 fully saturated rings. The third kappa shape index (κ3) is 7.57. The summed E-state index contributed by atoms with van der Waals surface area (Å²) in [6.07, 6.45) is 0.954. The minimum atomic E-state index is -0.935. The number of hydrogen-bond acceptors (Lipinski definition) is 2. The first-order valence-electron chi connectivity index (χ1n) is 6.70. The highest BCUT2D eigenvalue weighted by atomic mass is 16.5. The SMILES string of the molecule is C=C(C)C(=O)O.c1ccc(CCOc2ccccc2)cc1. The zero-order valence-electron chi connectivity index (χ0n) is 12.2. The molecule has 0 radical (unpaired) electrons. The van der Waals surface area contributed by atoms with E-state index in [1.54, 1.807) is 0 Å². The number of ether oxygens (including phenoxy) is 1. The average molecular weight is 284 g/mol. The largest absolute Gasteiger partial charge is 0.493 e. The number of benzene rings is 2. The van der Waals surface area contributed by atoms with Crippen LogP contribution in [0.3, 0.4) is 0 Å². The predicted molar refractivity (Wildman–Crippen MR) is 84.5 cm³/mol. The molecule has 0 spiro atoms. The van der Waals surface area contributed by atoms with E-state index in [1.807, 2.05) is 36.4 Å². The monoisotopic (exact) mass is 284 g/mol. The van der Waals surface area contributed by atoms with Crippen molar-refractivity contribution in [2.75, 3.05) is 6.61 Å². The number of carboxylic acid groups (broad SMARTS) is 1. The molecule has 0 aliphatic heterocycles. The molecule has 1 N–H and O–H groups in total. The van der Waals surface area contributed by atoms with Crippen molar-refractivity contribution < 1.29 is 14.6 Å². The van der Waals surface area contributed by atoms with E-state index in [4.69, 9.17) is 9.84 Å². The first-order valence-corrected chi connectivity index (χ1v) is 6.70. The second kappa shape index (κ2) is 9.37. The van der Waals surface area contributed by atoms with Gasteiger partial charge in [-0.25, -0.2) is 4.79 Å². The zero-order valence-corrected chi connectivity index (χ0v) is 12.2. The van der Waals surface area contributed by atoms with E-state index in [1.165, 1.54) is 12.5 Å². The van der Waals surface area contributed by atoms with Gasteiger partial charge in [0, 0.05) is 12.0 Å². The maximum Gasteiger partial charge on any atom is 0.330 e. The van der Waals surface area contributed by atoms with Crippen molar-refractivity contribution in [2.45, 2.75) is 13.3 Å². The van der Waals surface area contributed by atoms with Gasteiger partial charge in [0.1, 0.15) is 5.75 Å². The standard InChI is InChI=1S/C14H14O.C4H6O2/c1-3-7-13(8-4-1)11-12-15-14-9-5-2-6-10-14;1-3(2)4(5)6/h1-10H,11-12H2;1H2,2H3,(H,5,6). The molecule has 0 aliphatic carbocycles. The summed E-state index contributed by atoms with van der Waals surface area (Å²) in [6, 6.07) is 20.3. The minimum Gasteiger partial charge on any atom is -0.493 e. The van der Waals surface area contributed by atoms with Gasteiger partial charge < -0.3 is 9.84 Å². The fourth-order valence-electron chi connectivity index (χ4n) is 1.45. The van der Waals surface area contributed by atoms with Gasteiger partial charge in [-0.15, -0.1) is 0 Å². The maximum absolute atomic E-state index is 9.60. The second-order valence-electron chi connectivity index (χ2n) is 4.48. The van der Waals surface area contributed by atoms with Gasteiger partial charge in [0.2, 0.25) is 0 Å². The van der Waals surface area contributed by atoms with Crippen LogP contribution in [-0.4, -0.2) is 17.7 Å². The van der Waals surface area contributed by atoms with Crippen LogP contribution in [0.5, 0.6) is 5.75 Å². The van der Waals surface area contributed by atoms with Crippen molar-refractivity contribution in [1.82, 2.24) is 0 Å². The first kappa shape index (κ1) is 16.5. The molecule has 2 aromatic rings. The Hall–Kier alpha value is -2.55. The molecule has 2 aromatic carbocycles. The summed E-state index contributed by atoms with van der Waals surface area (Å²) in [5.41, 5.74) is 1.49. The van der Waals surface area contributed by atoms with Crippen molar-refractivity contribution in [3.05, 3.63) is 78.4 Å². The first-order chi connectivity index (χ1) is 10.1. The Balaban J connectivity index is 0.000000315. The third-order valence-electron chi connectivity index (χ3n) is 2.61. The molecule has 110 valence electrons. The van der Waals surface area contributed by atoms with Crippen LogP contribution in [0.4, 0.5) is 0 Å². The van der Waals surface area contributed by atoms with Gasteiger partial charge in [-0.2, -0.15) is 0 Å². The van der Waals surface area contributed by atoms with Crippen LogP contribution in [0.15, 0.2) is 72.8 Å². The summed E-state index contributed by atoms with van der Waals surface area (Å²) < 4.78 is 5.61. The molecule has 2 rings (SSSR count). The van der Waals surface area contributed by atoms with Gasteiger partial charge >= 0.3 is 5.97 Å². The number of hydrogen-bond donors (Lipinski definition) is 1. The normalized spacial score (nSPS) is 9.19. The van der Waals surface area contributed by atoms with Crippen molar-refractivity contribution in [3.8, 4) is 5.75 Å². The summed E-state index contributed by atoms with van der Waals surface area (Å²) in [6.45, 7) is 5.33. The fourth-order valence-corrected chi connectivity index (χ4v) is 1.45. The van der Waals surface area contributed by atoms with Gasteiger partial charge in [-0.05, 0) is 24.6 Å². The second-order valence-corrected chi connectivity index (χ2v) is 4.48. The molecule has 0 bridgehead atoms. The minimum absolute atomic E-state index is 0.176. The van der Waals surface area contributed by atoms with Crippen molar-refractivity contribution in [2.24, 2.45) is 0 Å². The maximum atomic E-state index is 9.60. The van der Waals surface area contributed by atoms with E-state index >= 15 is 0 Å². The third-order valence-corrected chi connectivity index (χ3v) is 2.61. The van der Waals surface area contributed by atoms with Crippen LogP contribution in [0, 0.1) is 0 Å². The lowest BCUT2D eigenvalue weighted by Gasteiger charge is -2.05. The number of aliphatic carboxylic acids is 1. The summed E-state index contributed by atoms with van der Waals surface area (Å²) in [7, 11) is 0. The molecule has 3 nitrogen and oxygen atoms in total. The molecule has 0 aromatic heterocycles. The summed E-state index contributed by atoms with van der Waals surface area (Å²) in [5, 5.41) is 7.89. The lowest BCUT2D eigenvalue weighted by Crippen LogP contribution is -2.00. The summed E-state index contributed by atoms with van der Waals surface area (Å²) in [5.74, 6) is 0.00318. The molecule has 21 heavy (non-hydrogen) atoms. The molecular weight excluding hydrogens is 264 g/mol. The van der Waals surface area contributed by atoms with Crippen LogP contribution in [-0.2, 0) is 11.2 Å². The molecule has 0 unspecified atom stereocenters.